The Kier molecular flexibility index (Phi) is 6.40. The van der Waals surface area contributed by atoms with Crippen molar-refractivity contribution in [1.82, 2.24) is 4.90 Å². The van der Waals surface area contributed by atoms with Gasteiger partial charge in [-0.1, -0.05) is 57.7 Å². The SMILES string of the molecule is CCCCCC1CC2CC[C@@H](C1)N2C[C@@H](C)CN1C(=O)CCc2ccccc21. The number of hydrogen-bond acceptors (Lipinski definition) is 2. The highest BCUT2D eigenvalue weighted by Crippen LogP contribution is 2.41. The Morgan fingerprint density at radius 3 is 2.54 bits per heavy atom. The third-order valence-electron chi connectivity index (χ3n) is 7.41. The first-order valence-electron chi connectivity index (χ1n) is 11.8. The normalized spacial score (nSPS) is 28.4. The number of amides is 1. The summed E-state index contributed by atoms with van der Waals surface area (Å²) in [6.07, 6.45) is 12.8. The lowest BCUT2D eigenvalue weighted by molar-refractivity contribution is -0.119. The van der Waals surface area contributed by atoms with E-state index >= 15 is 0 Å². The summed E-state index contributed by atoms with van der Waals surface area (Å²) in [6, 6.07) is 10.1. The first kappa shape index (κ1) is 19.9. The standard InChI is InChI=1S/C25H38N2O/c1-3-4-5-8-20-15-22-12-13-23(16-20)26(22)17-19(2)18-27-24-10-7-6-9-21(24)11-14-25(27)28/h6-7,9-10,19-20,22-23H,3-5,8,11-18H2,1-2H3/t19-,20?,22+,23?/m1/s1. The summed E-state index contributed by atoms with van der Waals surface area (Å²) in [5.74, 6) is 1.80. The molecule has 1 amide bonds. The van der Waals surface area contributed by atoms with Crippen LogP contribution in [-0.4, -0.2) is 36.0 Å². The van der Waals surface area contributed by atoms with Crippen molar-refractivity contribution in [3.05, 3.63) is 29.8 Å². The van der Waals surface area contributed by atoms with Crippen molar-refractivity contribution in [2.75, 3.05) is 18.0 Å². The molecule has 2 unspecified atom stereocenters. The molecule has 2 saturated heterocycles. The molecule has 2 bridgehead atoms. The summed E-state index contributed by atoms with van der Waals surface area (Å²) < 4.78 is 0. The Labute approximate surface area is 171 Å². The lowest BCUT2D eigenvalue weighted by Crippen LogP contribution is -2.47. The van der Waals surface area contributed by atoms with Gasteiger partial charge in [-0.05, 0) is 55.6 Å². The molecule has 3 aliphatic heterocycles. The van der Waals surface area contributed by atoms with Crippen LogP contribution < -0.4 is 4.90 Å². The van der Waals surface area contributed by atoms with Gasteiger partial charge in [0.15, 0.2) is 0 Å². The molecular weight excluding hydrogens is 344 g/mol. The van der Waals surface area contributed by atoms with Gasteiger partial charge in [0.2, 0.25) is 5.91 Å². The second kappa shape index (κ2) is 8.98. The number of para-hydroxylation sites is 1. The van der Waals surface area contributed by atoms with E-state index in [2.05, 4.69) is 47.9 Å². The Balaban J connectivity index is 1.34. The fourth-order valence-electron chi connectivity index (χ4n) is 6.03. The fraction of sp³-hybridized carbons (Fsp3) is 0.720. The molecule has 0 saturated carbocycles. The van der Waals surface area contributed by atoms with Crippen LogP contribution in [0.25, 0.3) is 0 Å². The van der Waals surface area contributed by atoms with Crippen molar-refractivity contribution < 1.29 is 4.79 Å². The van der Waals surface area contributed by atoms with Crippen LogP contribution in [0.3, 0.4) is 0 Å². The molecule has 2 fully saturated rings. The van der Waals surface area contributed by atoms with Crippen LogP contribution in [0, 0.1) is 11.8 Å². The highest BCUT2D eigenvalue weighted by atomic mass is 16.2. The third-order valence-corrected chi connectivity index (χ3v) is 7.41. The van der Waals surface area contributed by atoms with Gasteiger partial charge in [0.1, 0.15) is 0 Å². The minimum absolute atomic E-state index is 0.308. The van der Waals surface area contributed by atoms with Crippen molar-refractivity contribution in [1.29, 1.82) is 0 Å². The molecule has 28 heavy (non-hydrogen) atoms. The molecule has 1 aromatic rings. The van der Waals surface area contributed by atoms with Crippen LogP contribution in [0.5, 0.6) is 0 Å². The van der Waals surface area contributed by atoms with Gasteiger partial charge >= 0.3 is 0 Å². The zero-order valence-electron chi connectivity index (χ0n) is 17.9. The maximum Gasteiger partial charge on any atom is 0.227 e. The van der Waals surface area contributed by atoms with E-state index in [1.807, 2.05) is 0 Å². The van der Waals surface area contributed by atoms with E-state index in [4.69, 9.17) is 0 Å². The second-order valence-electron chi connectivity index (χ2n) is 9.65. The molecule has 0 spiro atoms. The average Bonchev–Trinajstić information content (AvgIpc) is 2.92. The van der Waals surface area contributed by atoms with Crippen molar-refractivity contribution in [3.8, 4) is 0 Å². The van der Waals surface area contributed by atoms with Crippen LogP contribution >= 0.6 is 0 Å². The second-order valence-corrected chi connectivity index (χ2v) is 9.65. The average molecular weight is 383 g/mol. The molecule has 154 valence electrons. The number of nitrogens with zero attached hydrogens (tertiary/aromatic N) is 2. The van der Waals surface area contributed by atoms with Gasteiger partial charge in [0.25, 0.3) is 0 Å². The van der Waals surface area contributed by atoms with Crippen molar-refractivity contribution in [2.24, 2.45) is 11.8 Å². The zero-order chi connectivity index (χ0) is 19.5. The Morgan fingerprint density at radius 1 is 1.04 bits per heavy atom. The Bertz CT molecular complexity index is 658. The zero-order valence-corrected chi connectivity index (χ0v) is 17.9. The van der Waals surface area contributed by atoms with Gasteiger partial charge in [-0.2, -0.15) is 0 Å². The Morgan fingerprint density at radius 2 is 1.79 bits per heavy atom. The molecule has 0 aliphatic carbocycles. The van der Waals surface area contributed by atoms with Crippen LogP contribution in [0.2, 0.25) is 0 Å². The first-order valence-corrected chi connectivity index (χ1v) is 11.8. The van der Waals surface area contributed by atoms with E-state index in [1.54, 1.807) is 0 Å². The maximum atomic E-state index is 12.6. The van der Waals surface area contributed by atoms with Gasteiger partial charge in [-0.25, -0.2) is 0 Å². The molecule has 3 heterocycles. The van der Waals surface area contributed by atoms with Gasteiger partial charge in [-0.3, -0.25) is 9.69 Å². The number of carbonyl (C=O) groups excluding carboxylic acids is 1. The van der Waals surface area contributed by atoms with Crippen LogP contribution in [0.4, 0.5) is 5.69 Å². The molecule has 4 rings (SSSR count). The summed E-state index contributed by atoms with van der Waals surface area (Å²) in [5.41, 5.74) is 2.49. The number of benzene rings is 1. The van der Waals surface area contributed by atoms with Crippen molar-refractivity contribution >= 4 is 11.6 Å². The molecule has 0 N–H and O–H groups in total. The van der Waals surface area contributed by atoms with E-state index in [0.29, 0.717) is 18.2 Å². The molecule has 0 aromatic heterocycles. The lowest BCUT2D eigenvalue weighted by atomic mass is 9.86. The van der Waals surface area contributed by atoms with E-state index in [1.165, 1.54) is 56.9 Å². The molecule has 3 aliphatic rings. The summed E-state index contributed by atoms with van der Waals surface area (Å²) >= 11 is 0. The number of carbonyl (C=O) groups is 1. The lowest BCUT2D eigenvalue weighted by Gasteiger charge is -2.41. The minimum Gasteiger partial charge on any atom is -0.312 e. The van der Waals surface area contributed by atoms with E-state index in [-0.39, 0.29) is 0 Å². The fourth-order valence-corrected chi connectivity index (χ4v) is 6.03. The number of rotatable bonds is 8. The minimum atomic E-state index is 0.308. The highest BCUT2D eigenvalue weighted by molar-refractivity contribution is 5.96. The van der Waals surface area contributed by atoms with Crippen LogP contribution in [-0.2, 0) is 11.2 Å². The molecule has 3 nitrogen and oxygen atoms in total. The number of piperidine rings is 1. The van der Waals surface area contributed by atoms with E-state index in [9.17, 15) is 4.79 Å². The van der Waals surface area contributed by atoms with E-state index < -0.39 is 0 Å². The Hall–Kier alpha value is -1.35. The molecule has 0 radical (unpaired) electrons. The van der Waals surface area contributed by atoms with Crippen LogP contribution in [0.1, 0.15) is 77.2 Å². The molecule has 3 heteroatoms. The number of hydrogen-bond donors (Lipinski definition) is 0. The maximum absolute atomic E-state index is 12.6. The largest absolute Gasteiger partial charge is 0.312 e. The first-order chi connectivity index (χ1) is 13.7. The van der Waals surface area contributed by atoms with Gasteiger partial charge in [0, 0.05) is 37.3 Å². The number of fused-ring (bicyclic) bond motifs is 3. The number of aryl methyl sites for hydroxylation is 1. The summed E-state index contributed by atoms with van der Waals surface area (Å²) in [4.78, 5) is 17.5. The van der Waals surface area contributed by atoms with E-state index in [0.717, 1.165) is 43.2 Å². The smallest absolute Gasteiger partial charge is 0.227 e. The topological polar surface area (TPSA) is 23.6 Å². The monoisotopic (exact) mass is 382 g/mol. The van der Waals surface area contributed by atoms with Gasteiger partial charge < -0.3 is 4.90 Å². The molecule has 4 atom stereocenters. The summed E-state index contributed by atoms with van der Waals surface area (Å²) in [6.45, 7) is 6.67. The molecule has 1 aromatic carbocycles. The summed E-state index contributed by atoms with van der Waals surface area (Å²) in [5, 5.41) is 0. The van der Waals surface area contributed by atoms with Crippen molar-refractivity contribution in [3.63, 3.8) is 0 Å². The van der Waals surface area contributed by atoms with Gasteiger partial charge in [-0.15, -0.1) is 0 Å². The summed E-state index contributed by atoms with van der Waals surface area (Å²) in [7, 11) is 0. The highest BCUT2D eigenvalue weighted by Gasteiger charge is 2.40. The predicted octanol–water partition coefficient (Wildman–Crippen LogP) is 5.43. The number of unbranched alkanes of at least 4 members (excludes halogenated alkanes) is 2. The predicted molar refractivity (Wildman–Crippen MR) is 117 cm³/mol. The van der Waals surface area contributed by atoms with Crippen molar-refractivity contribution in [2.45, 2.75) is 90.1 Å². The third kappa shape index (κ3) is 4.30. The van der Waals surface area contributed by atoms with Crippen LogP contribution in [0.15, 0.2) is 24.3 Å². The quantitative estimate of drug-likeness (QED) is 0.560. The van der Waals surface area contributed by atoms with Gasteiger partial charge in [0.05, 0.1) is 0 Å². The molecular formula is C25H38N2O. The number of anilines is 1.